The zero-order chi connectivity index (χ0) is 19.3. The predicted octanol–water partition coefficient (Wildman–Crippen LogP) is 2.46. The standard InChI is InChI=1S/C19H21NO6/c1-11-17(21)16(19(23)26-4)15(18(22)25-3)14(20-11)9-8-12-6-5-7-13(10-12)24-2/h5-7,10,21H,8-9H2,1-4H3. The van der Waals surface area contributed by atoms with Gasteiger partial charge in [-0.25, -0.2) is 9.59 Å². The highest BCUT2D eigenvalue weighted by atomic mass is 16.5. The maximum atomic E-state index is 12.2. The predicted molar refractivity (Wildman–Crippen MR) is 93.7 cm³/mol. The summed E-state index contributed by atoms with van der Waals surface area (Å²) in [6, 6.07) is 7.51. The molecule has 0 aliphatic heterocycles. The molecule has 1 heterocycles. The molecule has 26 heavy (non-hydrogen) atoms. The molecule has 0 spiro atoms. The first-order chi connectivity index (χ1) is 12.4. The summed E-state index contributed by atoms with van der Waals surface area (Å²) in [5.74, 6) is -1.24. The van der Waals surface area contributed by atoms with Crippen LogP contribution in [0.4, 0.5) is 0 Å². The van der Waals surface area contributed by atoms with E-state index < -0.39 is 11.9 Å². The van der Waals surface area contributed by atoms with E-state index in [1.807, 2.05) is 24.3 Å². The van der Waals surface area contributed by atoms with E-state index >= 15 is 0 Å². The second-order valence-electron chi connectivity index (χ2n) is 5.58. The molecule has 138 valence electrons. The Balaban J connectivity index is 2.47. The van der Waals surface area contributed by atoms with Crippen molar-refractivity contribution in [2.45, 2.75) is 19.8 Å². The Hall–Kier alpha value is -3.09. The molecule has 7 heteroatoms. The van der Waals surface area contributed by atoms with E-state index in [4.69, 9.17) is 14.2 Å². The molecule has 1 aromatic carbocycles. The molecule has 1 N–H and O–H groups in total. The number of aromatic hydroxyl groups is 1. The van der Waals surface area contributed by atoms with Gasteiger partial charge < -0.3 is 19.3 Å². The lowest BCUT2D eigenvalue weighted by Crippen LogP contribution is -2.18. The highest BCUT2D eigenvalue weighted by molar-refractivity contribution is 6.05. The third-order valence-electron chi connectivity index (χ3n) is 3.98. The zero-order valence-corrected chi connectivity index (χ0v) is 15.2. The van der Waals surface area contributed by atoms with E-state index in [-0.39, 0.29) is 22.6 Å². The molecule has 2 aromatic rings. The fourth-order valence-electron chi connectivity index (χ4n) is 2.65. The van der Waals surface area contributed by atoms with Gasteiger partial charge in [0, 0.05) is 0 Å². The molecule has 0 radical (unpaired) electrons. The highest BCUT2D eigenvalue weighted by Gasteiger charge is 2.28. The van der Waals surface area contributed by atoms with Crippen molar-refractivity contribution in [3.8, 4) is 11.5 Å². The largest absolute Gasteiger partial charge is 0.505 e. The lowest BCUT2D eigenvalue weighted by molar-refractivity contribution is 0.0550. The molecule has 0 atom stereocenters. The first-order valence-electron chi connectivity index (χ1n) is 7.94. The Kier molecular flexibility index (Phi) is 6.16. The van der Waals surface area contributed by atoms with Crippen LogP contribution in [0.5, 0.6) is 11.5 Å². The zero-order valence-electron chi connectivity index (χ0n) is 15.2. The van der Waals surface area contributed by atoms with Gasteiger partial charge in [-0.05, 0) is 37.5 Å². The Bertz CT molecular complexity index is 831. The number of carbonyl (C=O) groups excluding carboxylic acids is 2. The summed E-state index contributed by atoms with van der Waals surface area (Å²) in [4.78, 5) is 28.6. The quantitative estimate of drug-likeness (QED) is 0.792. The van der Waals surface area contributed by atoms with Crippen LogP contribution in [-0.2, 0) is 22.3 Å². The summed E-state index contributed by atoms with van der Waals surface area (Å²) in [6.45, 7) is 1.55. The minimum atomic E-state index is -0.823. The third kappa shape index (κ3) is 3.93. The molecular weight excluding hydrogens is 338 g/mol. The molecular formula is C19H21NO6. The Morgan fingerprint density at radius 1 is 1.04 bits per heavy atom. The molecule has 0 aliphatic rings. The number of hydrogen-bond donors (Lipinski definition) is 1. The number of pyridine rings is 1. The van der Waals surface area contributed by atoms with Gasteiger partial charge in [-0.1, -0.05) is 12.1 Å². The van der Waals surface area contributed by atoms with Crippen molar-refractivity contribution >= 4 is 11.9 Å². The van der Waals surface area contributed by atoms with Crippen LogP contribution in [0.2, 0.25) is 0 Å². The van der Waals surface area contributed by atoms with Gasteiger partial charge in [0.2, 0.25) is 0 Å². The van der Waals surface area contributed by atoms with Crippen molar-refractivity contribution in [2.75, 3.05) is 21.3 Å². The van der Waals surface area contributed by atoms with Crippen molar-refractivity contribution in [1.29, 1.82) is 0 Å². The van der Waals surface area contributed by atoms with Crippen LogP contribution in [-0.4, -0.2) is 43.4 Å². The highest BCUT2D eigenvalue weighted by Crippen LogP contribution is 2.29. The number of aryl methyl sites for hydroxylation is 3. The average molecular weight is 359 g/mol. The van der Waals surface area contributed by atoms with Crippen LogP contribution < -0.4 is 4.74 Å². The van der Waals surface area contributed by atoms with Crippen molar-refractivity contribution in [3.63, 3.8) is 0 Å². The molecule has 0 amide bonds. The monoisotopic (exact) mass is 359 g/mol. The van der Waals surface area contributed by atoms with Crippen molar-refractivity contribution in [1.82, 2.24) is 4.98 Å². The smallest absolute Gasteiger partial charge is 0.342 e. The number of carbonyl (C=O) groups is 2. The molecule has 2 rings (SSSR count). The van der Waals surface area contributed by atoms with Gasteiger partial charge >= 0.3 is 11.9 Å². The maximum absolute atomic E-state index is 12.2. The number of hydrogen-bond acceptors (Lipinski definition) is 7. The fraction of sp³-hybridized carbons (Fsp3) is 0.316. The van der Waals surface area contributed by atoms with Crippen molar-refractivity contribution < 1.29 is 28.9 Å². The number of benzene rings is 1. The molecule has 0 unspecified atom stereocenters. The Morgan fingerprint density at radius 2 is 1.69 bits per heavy atom. The van der Waals surface area contributed by atoms with Gasteiger partial charge in [-0.3, -0.25) is 4.98 Å². The molecule has 1 aromatic heterocycles. The van der Waals surface area contributed by atoms with E-state index in [1.165, 1.54) is 14.2 Å². The van der Waals surface area contributed by atoms with E-state index in [9.17, 15) is 14.7 Å². The minimum Gasteiger partial charge on any atom is -0.505 e. The topological polar surface area (TPSA) is 95.0 Å². The van der Waals surface area contributed by atoms with Crippen LogP contribution in [0.25, 0.3) is 0 Å². The van der Waals surface area contributed by atoms with Gasteiger partial charge in [-0.15, -0.1) is 0 Å². The van der Waals surface area contributed by atoms with E-state index in [0.29, 0.717) is 18.5 Å². The fourth-order valence-corrected chi connectivity index (χ4v) is 2.65. The van der Waals surface area contributed by atoms with Gasteiger partial charge in [0.15, 0.2) is 5.75 Å². The minimum absolute atomic E-state index is 0.0784. The Morgan fingerprint density at radius 3 is 2.31 bits per heavy atom. The first kappa shape index (κ1) is 19.2. The molecule has 0 fully saturated rings. The number of nitrogens with zero attached hydrogens (tertiary/aromatic N) is 1. The summed E-state index contributed by atoms with van der Waals surface area (Å²) < 4.78 is 14.7. The summed E-state index contributed by atoms with van der Waals surface area (Å²) >= 11 is 0. The van der Waals surface area contributed by atoms with Gasteiger partial charge in [0.25, 0.3) is 0 Å². The van der Waals surface area contributed by atoms with Gasteiger partial charge in [0.1, 0.15) is 11.3 Å². The van der Waals surface area contributed by atoms with E-state index in [1.54, 1.807) is 14.0 Å². The second kappa shape index (κ2) is 8.33. The number of aromatic nitrogens is 1. The van der Waals surface area contributed by atoms with E-state index in [2.05, 4.69) is 4.98 Å². The molecule has 0 saturated carbocycles. The lowest BCUT2D eigenvalue weighted by Gasteiger charge is -2.15. The Labute approximate surface area is 151 Å². The average Bonchev–Trinajstić information content (AvgIpc) is 2.67. The normalized spacial score (nSPS) is 10.3. The summed E-state index contributed by atoms with van der Waals surface area (Å²) in [5.41, 5.74) is 1.26. The van der Waals surface area contributed by atoms with Crippen LogP contribution in [0.3, 0.4) is 0 Å². The van der Waals surface area contributed by atoms with Crippen molar-refractivity contribution in [2.24, 2.45) is 0 Å². The number of esters is 2. The van der Waals surface area contributed by atoms with Crippen LogP contribution in [0, 0.1) is 6.92 Å². The summed E-state index contributed by atoms with van der Waals surface area (Å²) in [5, 5.41) is 10.2. The van der Waals surface area contributed by atoms with Crippen LogP contribution in [0.1, 0.15) is 37.7 Å². The molecule has 0 aliphatic carbocycles. The molecule has 7 nitrogen and oxygen atoms in total. The third-order valence-corrected chi connectivity index (χ3v) is 3.98. The number of ether oxygens (including phenoxy) is 3. The van der Waals surface area contributed by atoms with Gasteiger partial charge in [-0.2, -0.15) is 0 Å². The maximum Gasteiger partial charge on any atom is 0.342 e. The lowest BCUT2D eigenvalue weighted by atomic mass is 9.99. The van der Waals surface area contributed by atoms with E-state index in [0.717, 1.165) is 11.3 Å². The van der Waals surface area contributed by atoms with Crippen LogP contribution in [0.15, 0.2) is 24.3 Å². The molecule has 0 saturated heterocycles. The summed E-state index contributed by atoms with van der Waals surface area (Å²) in [7, 11) is 3.96. The first-order valence-corrected chi connectivity index (χ1v) is 7.94. The second-order valence-corrected chi connectivity index (χ2v) is 5.58. The summed E-state index contributed by atoms with van der Waals surface area (Å²) in [6.07, 6.45) is 0.918. The van der Waals surface area contributed by atoms with Gasteiger partial charge in [0.05, 0.1) is 38.3 Å². The number of methoxy groups -OCH3 is 3. The van der Waals surface area contributed by atoms with Crippen molar-refractivity contribution in [3.05, 3.63) is 52.3 Å². The SMILES string of the molecule is COC(=O)c1c(CCc2cccc(OC)c2)nc(C)c(O)c1C(=O)OC. The van der Waals surface area contributed by atoms with Crippen LogP contribution >= 0.6 is 0 Å². The molecule has 0 bridgehead atoms. The number of rotatable bonds is 6.